The number of Topliss-reactive ketones (excluding diaryl/α,β-unsaturated/α-hetero) is 2. The summed E-state index contributed by atoms with van der Waals surface area (Å²) >= 11 is 0. The molecule has 124 valence electrons. The van der Waals surface area contributed by atoms with Gasteiger partial charge in [-0.15, -0.1) is 0 Å². The third kappa shape index (κ3) is 2.67. The van der Waals surface area contributed by atoms with Crippen LogP contribution in [0.5, 0.6) is 0 Å². The van der Waals surface area contributed by atoms with Gasteiger partial charge in [0.2, 0.25) is 0 Å². The molecule has 4 aliphatic rings. The van der Waals surface area contributed by atoms with E-state index in [-0.39, 0.29) is 10.8 Å². The third-order valence-corrected chi connectivity index (χ3v) is 6.76. The molecule has 0 aliphatic heterocycles. The fourth-order valence-corrected chi connectivity index (χ4v) is 6.12. The van der Waals surface area contributed by atoms with Crippen molar-refractivity contribution in [3.05, 3.63) is 0 Å². The van der Waals surface area contributed by atoms with Crippen molar-refractivity contribution in [1.82, 2.24) is 0 Å². The van der Waals surface area contributed by atoms with Crippen LogP contribution in [0.15, 0.2) is 0 Å². The molecule has 4 saturated carbocycles. The molecule has 0 aromatic heterocycles. The Balaban J connectivity index is 1.80. The van der Waals surface area contributed by atoms with Gasteiger partial charge in [-0.2, -0.15) is 0 Å². The minimum Gasteiger partial charge on any atom is -0.299 e. The fourth-order valence-electron chi connectivity index (χ4n) is 6.12. The van der Waals surface area contributed by atoms with Crippen LogP contribution in [0.1, 0.15) is 90.9 Å². The SMILES string of the molecule is CCCCC(=O)C12CC3CC(C1)CC(C(=O)CCCC)(C3)C2. The molecule has 0 heterocycles. The second kappa shape index (κ2) is 6.09. The Labute approximate surface area is 135 Å². The second-order valence-electron chi connectivity index (χ2n) is 8.58. The van der Waals surface area contributed by atoms with E-state index in [2.05, 4.69) is 13.8 Å². The summed E-state index contributed by atoms with van der Waals surface area (Å²) in [6.07, 6.45) is 12.3. The van der Waals surface area contributed by atoms with Crippen molar-refractivity contribution >= 4 is 11.6 Å². The Hall–Kier alpha value is -0.660. The van der Waals surface area contributed by atoms with Crippen LogP contribution in [0.3, 0.4) is 0 Å². The van der Waals surface area contributed by atoms with E-state index in [4.69, 9.17) is 0 Å². The lowest BCUT2D eigenvalue weighted by molar-refractivity contribution is -0.164. The zero-order valence-corrected chi connectivity index (χ0v) is 14.5. The van der Waals surface area contributed by atoms with Gasteiger partial charge in [0.05, 0.1) is 0 Å². The van der Waals surface area contributed by atoms with Gasteiger partial charge in [0, 0.05) is 23.7 Å². The van der Waals surface area contributed by atoms with Crippen LogP contribution in [0, 0.1) is 22.7 Å². The maximum atomic E-state index is 12.9. The predicted octanol–water partition coefficient (Wildman–Crippen LogP) is 5.09. The predicted molar refractivity (Wildman–Crippen MR) is 88.6 cm³/mol. The summed E-state index contributed by atoms with van der Waals surface area (Å²) in [6.45, 7) is 4.31. The molecular formula is C20H32O2. The molecule has 2 heteroatoms. The van der Waals surface area contributed by atoms with E-state index in [1.54, 1.807) is 0 Å². The van der Waals surface area contributed by atoms with Crippen molar-refractivity contribution in [3.8, 4) is 0 Å². The average molecular weight is 304 g/mol. The highest BCUT2D eigenvalue weighted by molar-refractivity contribution is 5.90. The summed E-state index contributed by atoms with van der Waals surface area (Å²) in [7, 11) is 0. The molecule has 2 nitrogen and oxygen atoms in total. The summed E-state index contributed by atoms with van der Waals surface area (Å²) in [5.41, 5.74) is -0.220. The van der Waals surface area contributed by atoms with Crippen molar-refractivity contribution in [3.63, 3.8) is 0 Å². The molecule has 22 heavy (non-hydrogen) atoms. The van der Waals surface area contributed by atoms with Crippen molar-refractivity contribution in [2.45, 2.75) is 90.9 Å². The van der Waals surface area contributed by atoms with Gasteiger partial charge in [0.15, 0.2) is 0 Å². The molecule has 0 aromatic rings. The lowest BCUT2D eigenvalue weighted by Gasteiger charge is -2.61. The van der Waals surface area contributed by atoms with Gasteiger partial charge in [0.25, 0.3) is 0 Å². The highest BCUT2D eigenvalue weighted by atomic mass is 16.1. The molecule has 0 saturated heterocycles. The third-order valence-electron chi connectivity index (χ3n) is 6.76. The number of carbonyl (C=O) groups excluding carboxylic acids is 2. The van der Waals surface area contributed by atoms with E-state index in [0.717, 1.165) is 70.6 Å². The molecule has 0 N–H and O–H groups in total. The molecule has 4 rings (SSSR count). The first-order chi connectivity index (χ1) is 10.5. The highest BCUT2D eigenvalue weighted by Gasteiger charge is 2.61. The minimum atomic E-state index is -0.110. The molecule has 0 atom stereocenters. The van der Waals surface area contributed by atoms with E-state index >= 15 is 0 Å². The molecular weight excluding hydrogens is 272 g/mol. The van der Waals surface area contributed by atoms with Crippen molar-refractivity contribution in [2.24, 2.45) is 22.7 Å². The van der Waals surface area contributed by atoms with E-state index in [1.165, 1.54) is 6.42 Å². The van der Waals surface area contributed by atoms with E-state index in [1.807, 2.05) is 0 Å². The maximum Gasteiger partial charge on any atom is 0.139 e. The van der Waals surface area contributed by atoms with Gasteiger partial charge < -0.3 is 0 Å². The summed E-state index contributed by atoms with van der Waals surface area (Å²) in [5.74, 6) is 2.29. The van der Waals surface area contributed by atoms with Gasteiger partial charge in [-0.05, 0) is 63.2 Å². The van der Waals surface area contributed by atoms with Gasteiger partial charge in [-0.1, -0.05) is 26.7 Å². The molecule has 4 fully saturated rings. The number of hydrogen-bond acceptors (Lipinski definition) is 2. The standard InChI is InChI=1S/C20H32O2/c1-3-5-7-17(21)19-10-15-9-16(11-19)13-20(12-15,14-19)18(22)8-6-4-2/h15-16H,3-14H2,1-2H3. The van der Waals surface area contributed by atoms with Crippen LogP contribution in [-0.4, -0.2) is 11.6 Å². The Morgan fingerprint density at radius 3 is 1.59 bits per heavy atom. The summed E-state index contributed by atoms with van der Waals surface area (Å²) in [6, 6.07) is 0. The molecule has 4 aliphatic carbocycles. The van der Waals surface area contributed by atoms with Gasteiger partial charge in [-0.3, -0.25) is 9.59 Å². The van der Waals surface area contributed by atoms with Crippen LogP contribution in [0.4, 0.5) is 0 Å². The Kier molecular flexibility index (Phi) is 4.49. The number of unbranched alkanes of at least 4 members (excludes halogenated alkanes) is 2. The molecule has 0 unspecified atom stereocenters. The topological polar surface area (TPSA) is 34.1 Å². The maximum absolute atomic E-state index is 12.9. The number of carbonyl (C=O) groups is 2. The molecule has 0 amide bonds. The fraction of sp³-hybridized carbons (Fsp3) is 0.900. The lowest BCUT2D eigenvalue weighted by atomic mass is 9.42. The first-order valence-corrected chi connectivity index (χ1v) is 9.60. The summed E-state index contributed by atoms with van der Waals surface area (Å²) in [4.78, 5) is 25.8. The van der Waals surface area contributed by atoms with Crippen LogP contribution in [0.25, 0.3) is 0 Å². The summed E-state index contributed by atoms with van der Waals surface area (Å²) < 4.78 is 0. The zero-order chi connectivity index (χ0) is 15.8. The van der Waals surface area contributed by atoms with E-state index in [9.17, 15) is 9.59 Å². The highest BCUT2D eigenvalue weighted by Crippen LogP contribution is 2.66. The van der Waals surface area contributed by atoms with E-state index < -0.39 is 0 Å². The molecule has 0 radical (unpaired) electrons. The van der Waals surface area contributed by atoms with Gasteiger partial charge >= 0.3 is 0 Å². The number of rotatable bonds is 8. The van der Waals surface area contributed by atoms with E-state index in [0.29, 0.717) is 23.4 Å². The minimum absolute atomic E-state index is 0.110. The molecule has 4 bridgehead atoms. The second-order valence-corrected chi connectivity index (χ2v) is 8.58. The van der Waals surface area contributed by atoms with Gasteiger partial charge in [0.1, 0.15) is 11.6 Å². The number of hydrogen-bond donors (Lipinski definition) is 0. The molecule has 0 aromatic carbocycles. The largest absolute Gasteiger partial charge is 0.299 e. The first-order valence-electron chi connectivity index (χ1n) is 9.60. The first kappa shape index (κ1) is 16.2. The van der Waals surface area contributed by atoms with Crippen LogP contribution in [0.2, 0.25) is 0 Å². The van der Waals surface area contributed by atoms with Crippen LogP contribution in [-0.2, 0) is 9.59 Å². The van der Waals surface area contributed by atoms with Crippen LogP contribution >= 0.6 is 0 Å². The molecule has 0 spiro atoms. The lowest BCUT2D eigenvalue weighted by Crippen LogP contribution is -2.57. The van der Waals surface area contributed by atoms with Gasteiger partial charge in [-0.25, -0.2) is 0 Å². The Morgan fingerprint density at radius 1 is 0.818 bits per heavy atom. The van der Waals surface area contributed by atoms with Crippen molar-refractivity contribution in [1.29, 1.82) is 0 Å². The van der Waals surface area contributed by atoms with Crippen molar-refractivity contribution < 1.29 is 9.59 Å². The van der Waals surface area contributed by atoms with Crippen molar-refractivity contribution in [2.75, 3.05) is 0 Å². The Bertz CT molecular complexity index is 399. The van der Waals surface area contributed by atoms with Crippen LogP contribution < -0.4 is 0 Å². The zero-order valence-electron chi connectivity index (χ0n) is 14.5. The summed E-state index contributed by atoms with van der Waals surface area (Å²) in [5, 5.41) is 0. The Morgan fingerprint density at radius 2 is 1.23 bits per heavy atom. The average Bonchev–Trinajstić information content (AvgIpc) is 2.48. The number of ketones is 2. The quantitative estimate of drug-likeness (QED) is 0.626. The normalized spacial score (nSPS) is 39.2. The monoisotopic (exact) mass is 304 g/mol. The smallest absolute Gasteiger partial charge is 0.139 e.